The van der Waals surface area contributed by atoms with Crippen LogP contribution in [0.2, 0.25) is 0 Å². The molecule has 0 aliphatic heterocycles. The van der Waals surface area contributed by atoms with Crippen LogP contribution in [0.1, 0.15) is 54.4 Å². The van der Waals surface area contributed by atoms with Crippen molar-refractivity contribution in [3.05, 3.63) is 73.4 Å². The van der Waals surface area contributed by atoms with Crippen molar-refractivity contribution in [3.63, 3.8) is 0 Å². The largest absolute Gasteiger partial charge is 0.488 e. The Kier molecular flexibility index (Phi) is 26.1. The first-order chi connectivity index (χ1) is 14.2. The van der Waals surface area contributed by atoms with E-state index in [4.69, 9.17) is 10.0 Å². The van der Waals surface area contributed by atoms with Crippen molar-refractivity contribution < 1.29 is 10.0 Å². The molecule has 0 aliphatic carbocycles. The number of rotatable bonds is 7. The summed E-state index contributed by atoms with van der Waals surface area (Å²) < 4.78 is 0. The average Bonchev–Trinajstić information content (AvgIpc) is 2.70. The molecule has 1 unspecified atom stereocenters. The summed E-state index contributed by atoms with van der Waals surface area (Å²) in [6.45, 7) is 18.9. The lowest BCUT2D eigenvalue weighted by Gasteiger charge is -2.00. The van der Waals surface area contributed by atoms with Gasteiger partial charge in [-0.15, -0.1) is 25.5 Å². The van der Waals surface area contributed by atoms with Gasteiger partial charge in [0.1, 0.15) is 0 Å². The van der Waals surface area contributed by atoms with E-state index in [9.17, 15) is 0 Å². The maximum Gasteiger partial charge on any atom is 0.488 e. The van der Waals surface area contributed by atoms with Gasteiger partial charge in [0, 0.05) is 12.1 Å². The molecule has 0 fully saturated rings. The quantitative estimate of drug-likeness (QED) is 0.190. The molecule has 164 valence electrons. The second-order valence-electron chi connectivity index (χ2n) is 6.52. The average molecular weight is 409 g/mol. The van der Waals surface area contributed by atoms with E-state index >= 15 is 0 Å². The molecule has 0 spiro atoms. The second-order valence-corrected chi connectivity index (χ2v) is 6.52. The van der Waals surface area contributed by atoms with Gasteiger partial charge in [0.25, 0.3) is 0 Å². The molecule has 4 heteroatoms. The minimum Gasteiger partial charge on any atom is -0.423 e. The molecule has 3 nitrogen and oxygen atoms in total. The smallest absolute Gasteiger partial charge is 0.423 e. The number of hydrogen-bond donors (Lipinski definition) is 2. The van der Waals surface area contributed by atoms with Crippen molar-refractivity contribution in [3.8, 4) is 12.3 Å². The van der Waals surface area contributed by atoms with Crippen LogP contribution in [0.3, 0.4) is 0 Å². The third-order valence-electron chi connectivity index (χ3n) is 2.84. The first kappa shape index (κ1) is 32.1. The van der Waals surface area contributed by atoms with Crippen LogP contribution in [-0.2, 0) is 0 Å². The molecular formula is C26H40BNO2. The Balaban J connectivity index is -0.000000549. The van der Waals surface area contributed by atoms with Crippen LogP contribution in [0.4, 0.5) is 5.69 Å². The molecule has 0 saturated carbocycles. The highest BCUT2D eigenvalue weighted by Gasteiger charge is 2.09. The molecule has 2 N–H and O–H groups in total. The van der Waals surface area contributed by atoms with Gasteiger partial charge in [-0.05, 0) is 51.2 Å². The van der Waals surface area contributed by atoms with Crippen molar-refractivity contribution in [1.82, 2.24) is 0 Å². The molecule has 1 atom stereocenters. The van der Waals surface area contributed by atoms with Gasteiger partial charge in [-0.1, -0.05) is 68.9 Å². The predicted molar refractivity (Wildman–Crippen MR) is 138 cm³/mol. The van der Waals surface area contributed by atoms with E-state index in [1.54, 1.807) is 31.2 Å². The van der Waals surface area contributed by atoms with Crippen molar-refractivity contribution in [2.24, 2.45) is 10.9 Å². The molecule has 1 rings (SSSR count). The lowest BCUT2D eigenvalue weighted by molar-refractivity contribution is 0.426. The molecule has 1 aromatic rings. The van der Waals surface area contributed by atoms with E-state index in [1.165, 1.54) is 5.57 Å². The van der Waals surface area contributed by atoms with Crippen LogP contribution in [0.25, 0.3) is 0 Å². The summed E-state index contributed by atoms with van der Waals surface area (Å²) in [5.41, 5.74) is 2.44. The monoisotopic (exact) mass is 409 g/mol. The minimum atomic E-state index is -1.43. The molecule has 0 heterocycles. The fraction of sp³-hybridized carbons (Fsp3) is 0.346. The first-order valence-electron chi connectivity index (χ1n) is 10.1. The topological polar surface area (TPSA) is 52.8 Å². The summed E-state index contributed by atoms with van der Waals surface area (Å²) in [4.78, 5) is 4.34. The first-order valence-corrected chi connectivity index (χ1v) is 10.1. The van der Waals surface area contributed by atoms with Gasteiger partial charge >= 0.3 is 7.12 Å². The highest BCUT2D eigenvalue weighted by molar-refractivity contribution is 6.58. The van der Waals surface area contributed by atoms with E-state index < -0.39 is 7.12 Å². The van der Waals surface area contributed by atoms with E-state index in [-0.39, 0.29) is 5.92 Å². The summed E-state index contributed by atoms with van der Waals surface area (Å²) in [7, 11) is -1.43. The lowest BCUT2D eigenvalue weighted by Crippen LogP contribution is -2.29. The van der Waals surface area contributed by atoms with Crippen LogP contribution in [-0.4, -0.2) is 23.4 Å². The molecule has 0 bridgehead atoms. The molecule has 1 aromatic carbocycles. The van der Waals surface area contributed by atoms with Crippen LogP contribution in [0, 0.1) is 18.3 Å². The number of allylic oxidation sites excluding steroid dienone is 6. The summed E-state index contributed by atoms with van der Waals surface area (Å²) in [6, 6.07) is 6.83. The highest BCUT2D eigenvalue weighted by Crippen LogP contribution is 2.09. The zero-order valence-electron chi connectivity index (χ0n) is 19.7. The zero-order valence-corrected chi connectivity index (χ0v) is 19.7. The predicted octanol–water partition coefficient (Wildman–Crippen LogP) is 6.03. The lowest BCUT2D eigenvalue weighted by atomic mass is 9.80. The second kappa shape index (κ2) is 24.4. The summed E-state index contributed by atoms with van der Waals surface area (Å²) in [5, 5.41) is 18.0. The molecule has 0 amide bonds. The van der Waals surface area contributed by atoms with Crippen LogP contribution < -0.4 is 5.46 Å². The summed E-state index contributed by atoms with van der Waals surface area (Å²) in [6.07, 6.45) is 18.7. The Morgan fingerprint density at radius 3 is 2.00 bits per heavy atom. The third-order valence-corrected chi connectivity index (χ3v) is 2.84. The molecule has 0 radical (unpaired) electrons. The molecule has 0 aliphatic rings. The van der Waals surface area contributed by atoms with E-state index in [1.807, 2.05) is 38.3 Å². The van der Waals surface area contributed by atoms with E-state index in [2.05, 4.69) is 63.4 Å². The summed E-state index contributed by atoms with van der Waals surface area (Å²) >= 11 is 0. The van der Waals surface area contributed by atoms with Crippen LogP contribution >= 0.6 is 0 Å². The fourth-order valence-electron chi connectivity index (χ4n) is 1.44. The number of hydrogen-bond acceptors (Lipinski definition) is 3. The van der Waals surface area contributed by atoms with Crippen molar-refractivity contribution in [1.29, 1.82) is 0 Å². The van der Waals surface area contributed by atoms with Gasteiger partial charge in [-0.3, -0.25) is 4.99 Å². The van der Waals surface area contributed by atoms with E-state index in [0.29, 0.717) is 5.46 Å². The van der Waals surface area contributed by atoms with Gasteiger partial charge in [-0.25, -0.2) is 0 Å². The van der Waals surface area contributed by atoms with Gasteiger partial charge in [0.15, 0.2) is 0 Å². The van der Waals surface area contributed by atoms with Gasteiger partial charge in [0.05, 0.1) is 5.69 Å². The van der Waals surface area contributed by atoms with E-state index in [0.717, 1.165) is 18.5 Å². The Morgan fingerprint density at radius 1 is 1.17 bits per heavy atom. The maximum absolute atomic E-state index is 8.98. The van der Waals surface area contributed by atoms with Crippen molar-refractivity contribution >= 4 is 24.5 Å². The van der Waals surface area contributed by atoms with Gasteiger partial charge in [0.2, 0.25) is 0 Å². The SMILES string of the molecule is C#CC.C=C(C)C.C=CCC.CC/C=C\C=C/C(C)C=Nc1ccc(B(O)O)cc1. The zero-order chi connectivity index (χ0) is 23.8. The Morgan fingerprint density at radius 2 is 1.63 bits per heavy atom. The fourth-order valence-corrected chi connectivity index (χ4v) is 1.44. The third kappa shape index (κ3) is 27.6. The maximum atomic E-state index is 8.98. The minimum absolute atomic E-state index is 0.254. The molecule has 30 heavy (non-hydrogen) atoms. The Bertz CT molecular complexity index is 661. The molecule has 0 saturated heterocycles. The van der Waals surface area contributed by atoms with Gasteiger partial charge < -0.3 is 10.0 Å². The molecule has 0 aromatic heterocycles. The van der Waals surface area contributed by atoms with Crippen LogP contribution in [0.15, 0.2) is 78.4 Å². The Hall–Kier alpha value is -2.61. The number of aliphatic imine (C=N–C) groups is 1. The van der Waals surface area contributed by atoms with Crippen molar-refractivity contribution in [2.45, 2.75) is 54.4 Å². The molecular weight excluding hydrogens is 369 g/mol. The number of terminal acetylenes is 1. The normalized spacial score (nSPS) is 10.6. The standard InChI is InChI=1S/C15H20BNO2.2C4H8.C3H4/c1-3-4-5-6-7-13(2)12-17-15-10-8-14(9-11-15)16(18)19;1-4(2)3;1-3-4-2;1-3-2/h4-13,18-19H,3H2,1-2H3;1H2,2-3H3;3H,1,4H2,2H3;1H,2H3/b5-4-,7-6-,17-12?;;;. The number of nitrogens with zero attached hydrogens (tertiary/aromatic N) is 1. The van der Waals surface area contributed by atoms with Crippen molar-refractivity contribution in [2.75, 3.05) is 0 Å². The number of benzene rings is 1. The van der Waals surface area contributed by atoms with Gasteiger partial charge in [-0.2, -0.15) is 0 Å². The Labute approximate surface area is 185 Å². The van der Waals surface area contributed by atoms with Crippen LogP contribution in [0.5, 0.6) is 0 Å². The summed E-state index contributed by atoms with van der Waals surface area (Å²) in [5.74, 6) is 2.50. The highest BCUT2D eigenvalue weighted by atomic mass is 16.4.